The Morgan fingerprint density at radius 3 is 2.20 bits per heavy atom. The van der Waals surface area contributed by atoms with E-state index in [-0.39, 0.29) is 5.82 Å². The lowest BCUT2D eigenvalue weighted by Crippen LogP contribution is -2.03. The average molecular weight is 292 g/mol. The zero-order valence-corrected chi connectivity index (χ0v) is 11.4. The van der Waals surface area contributed by atoms with Crippen molar-refractivity contribution in [1.82, 2.24) is 0 Å². The van der Waals surface area contributed by atoms with Crippen LogP contribution in [0, 0.1) is 5.82 Å². The molecule has 0 unspecified atom stereocenters. The Kier molecular flexibility index (Phi) is 4.48. The van der Waals surface area contributed by atoms with Crippen LogP contribution in [0.15, 0.2) is 53.7 Å². The molecule has 2 rings (SSSR count). The smallest absolute Gasteiger partial charge is 0.313 e. The number of carbonyl (C=O) groups is 1. The summed E-state index contributed by atoms with van der Waals surface area (Å²) >= 11 is 5.73. The average Bonchev–Trinajstić information content (AvgIpc) is 2.46. The molecule has 3 nitrogen and oxygen atoms in total. The molecular formula is C15H11ClFNO2. The van der Waals surface area contributed by atoms with Crippen LogP contribution in [0.5, 0.6) is 0 Å². The highest BCUT2D eigenvalue weighted by Crippen LogP contribution is 2.11. The van der Waals surface area contributed by atoms with E-state index in [9.17, 15) is 9.18 Å². The van der Waals surface area contributed by atoms with Crippen LogP contribution in [0.25, 0.3) is 0 Å². The van der Waals surface area contributed by atoms with Crippen molar-refractivity contribution in [3.8, 4) is 0 Å². The van der Waals surface area contributed by atoms with E-state index < -0.39 is 5.97 Å². The quantitative estimate of drug-likeness (QED) is 0.486. The summed E-state index contributed by atoms with van der Waals surface area (Å²) < 4.78 is 12.8. The topological polar surface area (TPSA) is 38.7 Å². The summed E-state index contributed by atoms with van der Waals surface area (Å²) in [6.45, 7) is 1.67. The second kappa shape index (κ2) is 6.30. The number of halogens is 2. The largest absolute Gasteiger partial charge is 0.365 e. The molecule has 0 aromatic heterocycles. The molecule has 0 atom stereocenters. The van der Waals surface area contributed by atoms with E-state index >= 15 is 0 Å². The molecule has 5 heteroatoms. The molecule has 0 saturated carbocycles. The van der Waals surface area contributed by atoms with Gasteiger partial charge in [0.25, 0.3) is 0 Å². The third-order valence-corrected chi connectivity index (χ3v) is 2.86. The highest BCUT2D eigenvalue weighted by molar-refractivity contribution is 6.30. The molecule has 102 valence electrons. The van der Waals surface area contributed by atoms with Crippen LogP contribution in [0.4, 0.5) is 4.39 Å². The summed E-state index contributed by atoms with van der Waals surface area (Å²) in [5.74, 6) is -0.914. The Balaban J connectivity index is 2.06. The number of carbonyl (C=O) groups excluding carboxylic acids is 1. The Labute approximate surface area is 120 Å². The van der Waals surface area contributed by atoms with E-state index in [0.29, 0.717) is 21.9 Å². The summed E-state index contributed by atoms with van der Waals surface area (Å²) in [4.78, 5) is 16.5. The molecule has 0 saturated heterocycles. The zero-order valence-electron chi connectivity index (χ0n) is 10.6. The van der Waals surface area contributed by atoms with Crippen molar-refractivity contribution in [3.05, 3.63) is 70.5 Å². The highest BCUT2D eigenvalue weighted by Gasteiger charge is 2.07. The maximum atomic E-state index is 12.8. The molecule has 0 aliphatic carbocycles. The van der Waals surface area contributed by atoms with Gasteiger partial charge in [0.1, 0.15) is 5.82 Å². The highest BCUT2D eigenvalue weighted by atomic mass is 35.5. The molecule has 20 heavy (non-hydrogen) atoms. The number of hydrogen-bond acceptors (Lipinski definition) is 3. The van der Waals surface area contributed by atoms with Gasteiger partial charge < -0.3 is 4.84 Å². The molecule has 0 amide bonds. The van der Waals surface area contributed by atoms with Gasteiger partial charge in [-0.25, -0.2) is 9.18 Å². The van der Waals surface area contributed by atoms with Gasteiger partial charge in [-0.05, 0) is 48.9 Å². The van der Waals surface area contributed by atoms with Crippen LogP contribution in [-0.4, -0.2) is 11.7 Å². The minimum Gasteiger partial charge on any atom is -0.313 e. The summed E-state index contributed by atoms with van der Waals surface area (Å²) in [6.07, 6.45) is 0. The van der Waals surface area contributed by atoms with Crippen molar-refractivity contribution in [2.24, 2.45) is 5.16 Å². The van der Waals surface area contributed by atoms with Crippen molar-refractivity contribution in [3.63, 3.8) is 0 Å². The van der Waals surface area contributed by atoms with Gasteiger partial charge >= 0.3 is 5.97 Å². The number of oxime groups is 1. The molecule has 0 heterocycles. The van der Waals surface area contributed by atoms with E-state index in [0.717, 1.165) is 0 Å². The van der Waals surface area contributed by atoms with Crippen molar-refractivity contribution < 1.29 is 14.0 Å². The van der Waals surface area contributed by atoms with Crippen molar-refractivity contribution in [2.45, 2.75) is 6.92 Å². The predicted molar refractivity (Wildman–Crippen MR) is 75.5 cm³/mol. The maximum Gasteiger partial charge on any atom is 0.365 e. The molecule has 0 aliphatic heterocycles. The number of hydrogen-bond donors (Lipinski definition) is 0. The molecule has 0 fully saturated rings. The lowest BCUT2D eigenvalue weighted by molar-refractivity contribution is 0.0516. The normalized spacial score (nSPS) is 11.2. The van der Waals surface area contributed by atoms with Gasteiger partial charge in [0.2, 0.25) is 0 Å². The van der Waals surface area contributed by atoms with Crippen LogP contribution in [0.1, 0.15) is 22.8 Å². The Bertz CT molecular complexity index is 636. The molecule has 0 aliphatic rings. The first-order valence-electron chi connectivity index (χ1n) is 5.84. The second-order valence-corrected chi connectivity index (χ2v) is 4.51. The van der Waals surface area contributed by atoms with E-state index in [1.807, 2.05) is 0 Å². The van der Waals surface area contributed by atoms with Gasteiger partial charge in [0.05, 0.1) is 11.3 Å². The lowest BCUT2D eigenvalue weighted by Gasteiger charge is -2.01. The lowest BCUT2D eigenvalue weighted by atomic mass is 10.1. The zero-order chi connectivity index (χ0) is 14.5. The summed E-state index contributed by atoms with van der Waals surface area (Å²) in [5.41, 5.74) is 1.51. The first kappa shape index (κ1) is 14.2. The van der Waals surface area contributed by atoms with Crippen molar-refractivity contribution in [2.75, 3.05) is 0 Å². The van der Waals surface area contributed by atoms with E-state index in [1.165, 1.54) is 12.1 Å². The van der Waals surface area contributed by atoms with Gasteiger partial charge in [-0.1, -0.05) is 28.9 Å². The van der Waals surface area contributed by atoms with Gasteiger partial charge in [-0.15, -0.1) is 0 Å². The fraction of sp³-hybridized carbons (Fsp3) is 0.0667. The minimum atomic E-state index is -0.580. The van der Waals surface area contributed by atoms with Crippen LogP contribution >= 0.6 is 11.6 Å². The number of benzene rings is 2. The predicted octanol–water partition coefficient (Wildman–Crippen LogP) is 4.06. The Morgan fingerprint density at radius 1 is 1.05 bits per heavy atom. The van der Waals surface area contributed by atoms with E-state index in [4.69, 9.17) is 16.4 Å². The van der Waals surface area contributed by atoms with Crippen LogP contribution in [0.2, 0.25) is 5.02 Å². The monoisotopic (exact) mass is 291 g/mol. The molecule has 0 N–H and O–H groups in total. The Morgan fingerprint density at radius 2 is 1.60 bits per heavy atom. The minimum absolute atomic E-state index is 0.334. The van der Waals surface area contributed by atoms with Crippen LogP contribution in [-0.2, 0) is 4.84 Å². The first-order chi connectivity index (χ1) is 9.56. The molecule has 2 aromatic rings. The van der Waals surface area contributed by atoms with E-state index in [2.05, 4.69) is 5.16 Å². The first-order valence-corrected chi connectivity index (χ1v) is 6.21. The molecule has 0 spiro atoms. The van der Waals surface area contributed by atoms with Crippen LogP contribution in [0.3, 0.4) is 0 Å². The van der Waals surface area contributed by atoms with Gasteiger partial charge in [0, 0.05) is 5.02 Å². The number of nitrogens with zero attached hydrogens (tertiary/aromatic N) is 1. The Hall–Kier alpha value is -2.20. The van der Waals surface area contributed by atoms with Gasteiger partial charge in [0.15, 0.2) is 0 Å². The van der Waals surface area contributed by atoms with Crippen molar-refractivity contribution >= 4 is 23.3 Å². The summed E-state index contributed by atoms with van der Waals surface area (Å²) in [7, 11) is 0. The van der Waals surface area contributed by atoms with Crippen molar-refractivity contribution in [1.29, 1.82) is 0 Å². The third-order valence-electron chi connectivity index (χ3n) is 2.61. The molecule has 0 bridgehead atoms. The van der Waals surface area contributed by atoms with Gasteiger partial charge in [-0.3, -0.25) is 0 Å². The van der Waals surface area contributed by atoms with Crippen LogP contribution < -0.4 is 0 Å². The summed E-state index contributed by atoms with van der Waals surface area (Å²) in [6, 6.07) is 12.0. The molecule has 2 aromatic carbocycles. The summed E-state index contributed by atoms with van der Waals surface area (Å²) in [5, 5.41) is 4.27. The number of rotatable bonds is 3. The fourth-order valence-electron chi connectivity index (χ4n) is 1.49. The molecule has 0 radical (unpaired) electrons. The third kappa shape index (κ3) is 3.65. The van der Waals surface area contributed by atoms with E-state index in [1.54, 1.807) is 43.3 Å². The maximum absolute atomic E-state index is 12.8. The molecular weight excluding hydrogens is 281 g/mol. The SMILES string of the molecule is C/C(=N\OC(=O)c1ccc(Cl)cc1)c1ccc(F)cc1. The standard InChI is InChI=1S/C15H11ClFNO2/c1-10(11-4-8-14(17)9-5-11)18-20-15(19)12-2-6-13(16)7-3-12/h2-9H,1H3/b18-10+. The fourth-order valence-corrected chi connectivity index (χ4v) is 1.62. The van der Waals surface area contributed by atoms with Gasteiger partial charge in [-0.2, -0.15) is 0 Å². The second-order valence-electron chi connectivity index (χ2n) is 4.07.